The van der Waals surface area contributed by atoms with Gasteiger partial charge < -0.3 is 34.3 Å². The molecule has 0 spiro atoms. The van der Waals surface area contributed by atoms with Crippen molar-refractivity contribution in [2.75, 3.05) is 59.6 Å². The lowest BCUT2D eigenvalue weighted by Gasteiger charge is -2.38. The molecule has 328 valence electrons. The number of oxazole rings is 1. The van der Waals surface area contributed by atoms with E-state index in [-0.39, 0.29) is 9.10 Å². The second-order valence-electron chi connectivity index (χ2n) is 15.6. The summed E-state index contributed by atoms with van der Waals surface area (Å²) in [5, 5.41) is 7.02. The van der Waals surface area contributed by atoms with Gasteiger partial charge >= 0.3 is 0 Å². The van der Waals surface area contributed by atoms with E-state index in [1.807, 2.05) is 72.8 Å². The molecule has 0 aliphatic carbocycles. The zero-order valence-corrected chi connectivity index (χ0v) is 38.0. The Morgan fingerprint density at radius 1 is 0.645 bits per heavy atom. The number of ether oxygens (including phenoxy) is 2. The van der Waals surface area contributed by atoms with E-state index in [1.165, 1.54) is 20.6 Å². The molecule has 0 amide bonds. The second-order valence-corrected chi connectivity index (χ2v) is 20.3. The van der Waals surface area contributed by atoms with Gasteiger partial charge in [0.1, 0.15) is 15.7 Å². The minimum atomic E-state index is -3.79. The number of benzene rings is 4. The largest absolute Gasteiger partial charge is 0.495 e. The normalized spacial score (nSPS) is 19.3. The number of hydrogen-bond donors (Lipinski definition) is 4. The highest BCUT2D eigenvalue weighted by atomic mass is 32.2. The molecule has 14 nitrogen and oxygen atoms in total. The van der Waals surface area contributed by atoms with Crippen molar-refractivity contribution in [3.8, 4) is 33.3 Å². The molecule has 2 aliphatic heterocycles. The molecule has 2 fully saturated rings. The fraction of sp³-hybridized carbons (Fsp3) is 0.311. The van der Waals surface area contributed by atoms with Gasteiger partial charge in [0.05, 0.1) is 41.6 Å². The lowest BCUT2D eigenvalue weighted by atomic mass is 10.1. The quantitative estimate of drug-likeness (QED) is 0.0945. The molecule has 4 N–H and O–H groups in total. The van der Waals surface area contributed by atoms with Gasteiger partial charge in [0.15, 0.2) is 12.2 Å². The van der Waals surface area contributed by atoms with Crippen molar-refractivity contribution in [3.05, 3.63) is 116 Å². The molecular formula is C45H53N7O7S3. The van der Waals surface area contributed by atoms with Crippen LogP contribution >= 0.6 is 11.3 Å². The highest BCUT2D eigenvalue weighted by Gasteiger charge is 2.26. The van der Waals surface area contributed by atoms with Gasteiger partial charge in [0.2, 0.25) is 0 Å². The zero-order chi connectivity index (χ0) is 44.0. The van der Waals surface area contributed by atoms with Gasteiger partial charge in [0, 0.05) is 61.7 Å². The second kappa shape index (κ2) is 19.2. The summed E-state index contributed by atoms with van der Waals surface area (Å²) in [6.07, 6.45) is 2.87. The summed E-state index contributed by atoms with van der Waals surface area (Å²) in [7, 11) is -4.50. The first-order valence-electron chi connectivity index (χ1n) is 20.3. The molecule has 17 heteroatoms. The number of thiophene rings is 1. The molecule has 4 heterocycles. The van der Waals surface area contributed by atoms with Gasteiger partial charge in [0.25, 0.3) is 20.0 Å². The summed E-state index contributed by atoms with van der Waals surface area (Å²) in [5.74, 6) is 1.48. The van der Waals surface area contributed by atoms with Crippen LogP contribution < -0.4 is 39.4 Å². The summed E-state index contributed by atoms with van der Waals surface area (Å²) in [5.41, 5.74) is 4.74. The van der Waals surface area contributed by atoms with E-state index in [0.29, 0.717) is 57.7 Å². The van der Waals surface area contributed by atoms with Crippen molar-refractivity contribution < 1.29 is 30.7 Å². The number of nitrogens with one attached hydrogen (secondary N) is 4. The van der Waals surface area contributed by atoms with Gasteiger partial charge in [-0.25, -0.2) is 21.8 Å². The number of aromatic nitrogens is 1. The molecule has 2 aromatic heterocycles. The first kappa shape index (κ1) is 44.5. The first-order chi connectivity index (χ1) is 29.7. The fourth-order valence-electron chi connectivity index (χ4n) is 7.81. The maximum atomic E-state index is 13.1. The third-order valence-electron chi connectivity index (χ3n) is 10.5. The van der Waals surface area contributed by atoms with Crippen LogP contribution in [0, 0.1) is 0 Å². The average Bonchev–Trinajstić information content (AvgIpc) is 3.98. The summed E-state index contributed by atoms with van der Waals surface area (Å²) in [6, 6.07) is 32.6. The number of rotatable bonds is 12. The van der Waals surface area contributed by atoms with Crippen molar-refractivity contribution in [2.24, 2.45) is 0 Å². The number of anilines is 4. The molecule has 4 atom stereocenters. The smallest absolute Gasteiger partial charge is 0.271 e. The van der Waals surface area contributed by atoms with Gasteiger partial charge in [-0.2, -0.15) is 0 Å². The topological polar surface area (TPSA) is 167 Å². The molecular weight excluding hydrogens is 847 g/mol. The monoisotopic (exact) mass is 899 g/mol. The number of piperazine rings is 2. The van der Waals surface area contributed by atoms with Crippen LogP contribution in [0.1, 0.15) is 27.7 Å². The molecule has 2 saturated heterocycles. The summed E-state index contributed by atoms with van der Waals surface area (Å²) < 4.78 is 73.9. The Morgan fingerprint density at radius 2 is 1.15 bits per heavy atom. The molecule has 0 saturated carbocycles. The van der Waals surface area contributed by atoms with E-state index in [4.69, 9.17) is 13.9 Å². The number of nitrogens with zero attached hydrogens (tertiary/aromatic N) is 3. The Labute approximate surface area is 368 Å². The molecule has 8 rings (SSSR count). The molecule has 4 aromatic carbocycles. The third kappa shape index (κ3) is 10.7. The van der Waals surface area contributed by atoms with E-state index in [1.54, 1.807) is 36.5 Å². The molecule has 0 radical (unpaired) electrons. The lowest BCUT2D eigenvalue weighted by Crippen LogP contribution is -2.54. The van der Waals surface area contributed by atoms with Crippen molar-refractivity contribution in [1.82, 2.24) is 15.6 Å². The van der Waals surface area contributed by atoms with E-state index in [9.17, 15) is 16.8 Å². The van der Waals surface area contributed by atoms with Crippen molar-refractivity contribution in [3.63, 3.8) is 0 Å². The Morgan fingerprint density at radius 3 is 1.63 bits per heavy atom. The van der Waals surface area contributed by atoms with Crippen LogP contribution in [0.2, 0.25) is 0 Å². The first-order valence-corrected chi connectivity index (χ1v) is 24.1. The molecule has 0 bridgehead atoms. The maximum absolute atomic E-state index is 13.1. The van der Waals surface area contributed by atoms with Crippen molar-refractivity contribution in [1.29, 1.82) is 0 Å². The van der Waals surface area contributed by atoms with Crippen LogP contribution in [-0.2, 0) is 20.0 Å². The molecule has 2 aliphatic rings. The zero-order valence-electron chi connectivity index (χ0n) is 35.5. The summed E-state index contributed by atoms with van der Waals surface area (Å²) in [6.45, 7) is 12.0. The van der Waals surface area contributed by atoms with Gasteiger partial charge in [-0.1, -0.05) is 42.5 Å². The van der Waals surface area contributed by atoms with Crippen LogP contribution in [0.15, 0.2) is 129 Å². The Balaban J connectivity index is 0.000000187. The van der Waals surface area contributed by atoms with Crippen molar-refractivity contribution in [2.45, 2.75) is 61.0 Å². The SMILES string of the molecule is COc1ccc(N2C[C@@H](C)N[C@@H](C)C2)cc1NS(=O)(=O)c1ccc(-c2ccccc2)cc1.COc1ccc(N2C[C@@H](C)N[C@@H](C)C2)cc1NS(=O)(=O)c1ccc(-c2cnco2)s1. The van der Waals surface area contributed by atoms with E-state index >= 15 is 0 Å². The Hall–Kier alpha value is -5.59. The van der Waals surface area contributed by atoms with Crippen molar-refractivity contribution >= 4 is 54.1 Å². The predicted octanol–water partition coefficient (Wildman–Crippen LogP) is 7.75. The minimum absolute atomic E-state index is 0.186. The lowest BCUT2D eigenvalue weighted by molar-refractivity contribution is 0.406. The Bertz CT molecular complexity index is 2620. The predicted molar refractivity (Wildman–Crippen MR) is 248 cm³/mol. The van der Waals surface area contributed by atoms with Gasteiger partial charge in [-0.05, 0) is 99.5 Å². The van der Waals surface area contributed by atoms with E-state index in [2.05, 4.69) is 62.6 Å². The van der Waals surface area contributed by atoms with Gasteiger partial charge in [-0.15, -0.1) is 11.3 Å². The van der Waals surface area contributed by atoms with Gasteiger partial charge in [-0.3, -0.25) is 9.44 Å². The minimum Gasteiger partial charge on any atom is -0.495 e. The maximum Gasteiger partial charge on any atom is 0.271 e. The molecule has 62 heavy (non-hydrogen) atoms. The van der Waals surface area contributed by atoms with Crippen LogP contribution in [0.25, 0.3) is 21.8 Å². The molecule has 0 unspecified atom stereocenters. The highest BCUT2D eigenvalue weighted by molar-refractivity contribution is 7.94. The van der Waals surface area contributed by atoms with E-state index in [0.717, 1.165) is 60.0 Å². The fourth-order valence-corrected chi connectivity index (χ4v) is 11.2. The molecule has 6 aromatic rings. The standard InChI is InChI=1S/C25H29N3O3S.C20H24N4O4S2/c1-18-16-28(17-19(2)26-18)22-11-14-25(31-3)24(15-22)27-32(29,30)23-12-9-21(10-13-23)20-7-5-4-6-8-20;1-13-10-24(11-14(2)22-13)15-4-5-17(27-3)16(8-15)23-30(25,26)20-7-6-19(29-20)18-9-21-12-28-18/h4-15,18-19,26-27H,16-17H2,1-3H3;4-9,12-14,22-23H,10-11H2,1-3H3/t18-,19+;13-,14+. The summed E-state index contributed by atoms with van der Waals surface area (Å²) in [4.78, 5) is 9.28. The number of sulfonamides is 2. The number of hydrogen-bond acceptors (Lipinski definition) is 13. The third-order valence-corrected chi connectivity index (χ3v) is 14.8. The average molecular weight is 900 g/mol. The Kier molecular flexibility index (Phi) is 13.8. The van der Waals surface area contributed by atoms with Crippen LogP contribution in [-0.4, -0.2) is 86.4 Å². The summed E-state index contributed by atoms with van der Waals surface area (Å²) >= 11 is 1.12. The number of methoxy groups -OCH3 is 2. The highest BCUT2D eigenvalue weighted by Crippen LogP contribution is 2.36. The van der Waals surface area contributed by atoms with Crippen LogP contribution in [0.4, 0.5) is 22.7 Å². The van der Waals surface area contributed by atoms with Crippen LogP contribution in [0.5, 0.6) is 11.5 Å². The van der Waals surface area contributed by atoms with E-state index < -0.39 is 20.0 Å². The van der Waals surface area contributed by atoms with Crippen LogP contribution in [0.3, 0.4) is 0 Å².